The van der Waals surface area contributed by atoms with E-state index in [4.69, 9.17) is 14.1 Å². The third kappa shape index (κ3) is 4.21. The summed E-state index contributed by atoms with van der Waals surface area (Å²) in [7, 11) is 1.94. The molecule has 0 bridgehead atoms. The van der Waals surface area contributed by atoms with Crippen LogP contribution in [0.1, 0.15) is 69.3 Å². The molecule has 0 saturated heterocycles. The third-order valence-corrected chi connectivity index (χ3v) is 12.6. The Morgan fingerprint density at radius 3 is 2.72 bits per heavy atom. The Kier molecular flexibility index (Phi) is 6.78. The normalized spacial score (nSPS) is 35.2. The van der Waals surface area contributed by atoms with Crippen LogP contribution in [-0.4, -0.2) is 49.7 Å². The van der Waals surface area contributed by atoms with Crippen LogP contribution < -0.4 is 0 Å². The predicted molar refractivity (Wildman–Crippen MR) is 161 cm³/mol. The first-order valence-electron chi connectivity index (χ1n) is 15.3. The van der Waals surface area contributed by atoms with Gasteiger partial charge < -0.3 is 18.8 Å². The number of aryl methyl sites for hydroxylation is 1. The summed E-state index contributed by atoms with van der Waals surface area (Å²) in [5.41, 5.74) is 0.586. The number of carbonyl (C=O) groups is 3. The molecule has 1 N–H and O–H groups in total. The molecule has 2 heterocycles. The van der Waals surface area contributed by atoms with Gasteiger partial charge in [-0.05, 0) is 92.0 Å². The molecule has 7 rings (SSSR count). The zero-order valence-electron chi connectivity index (χ0n) is 24.9. The third-order valence-electron chi connectivity index (χ3n) is 11.5. The average Bonchev–Trinajstić information content (AvgIpc) is 3.70. The molecule has 0 spiro atoms. The van der Waals surface area contributed by atoms with Crippen molar-refractivity contribution in [3.8, 4) is 0 Å². The van der Waals surface area contributed by atoms with E-state index in [1.165, 1.54) is 18.0 Å². The summed E-state index contributed by atoms with van der Waals surface area (Å²) < 4.78 is 13.7. The topological polar surface area (TPSA) is 112 Å². The molecule has 0 radical (unpaired) electrons. The number of hydrogen-bond donors (Lipinski definition) is 1. The number of furan rings is 1. The number of carbonyl (C=O) groups excluding carboxylic acids is 3. The Bertz CT molecular complexity index is 1640. The maximum Gasteiger partial charge on any atom is 0.375 e. The molecule has 4 aliphatic rings. The van der Waals surface area contributed by atoms with E-state index in [0.717, 1.165) is 47.4 Å². The zero-order valence-corrected chi connectivity index (χ0v) is 25.7. The monoisotopic (exact) mass is 602 g/mol. The number of aliphatic hydroxyl groups excluding tert-OH is 1. The standard InChI is InChI=1S/C34H38N2O6S/c1-32-14-12-21(37)17-20(32)10-11-22-23-13-15-34(33(23,2)18-26(38)29(22)32,42-30(40)27-9-6-16-41-27)28(39)19-43-31-35-24-7-4-5-8-25(24)36(31)3/h4-9,16-17,22-23,26,29,38H,10-15,18-19H2,1-3H3/t22?,23?,26-,29?,32?,33?,34-/m0/s1. The fraction of sp³-hybridized carbons (Fsp3) is 0.529. The maximum absolute atomic E-state index is 14.5. The highest BCUT2D eigenvalue weighted by atomic mass is 32.2. The fourth-order valence-corrected chi connectivity index (χ4v) is 10.4. The zero-order chi connectivity index (χ0) is 30.1. The second-order valence-corrected chi connectivity index (χ2v) is 14.4. The van der Waals surface area contributed by atoms with Gasteiger partial charge in [-0.25, -0.2) is 9.78 Å². The van der Waals surface area contributed by atoms with Gasteiger partial charge in [-0.15, -0.1) is 0 Å². The van der Waals surface area contributed by atoms with Crippen molar-refractivity contribution in [1.82, 2.24) is 9.55 Å². The summed E-state index contributed by atoms with van der Waals surface area (Å²) >= 11 is 1.35. The van der Waals surface area contributed by atoms with Gasteiger partial charge >= 0.3 is 5.97 Å². The number of hydrogen-bond acceptors (Lipinski definition) is 8. The molecule has 9 heteroatoms. The lowest BCUT2D eigenvalue weighted by Crippen LogP contribution is -2.63. The van der Waals surface area contributed by atoms with Crippen LogP contribution in [0.5, 0.6) is 0 Å². The first kappa shape index (κ1) is 28.6. The number of benzene rings is 1. The summed E-state index contributed by atoms with van der Waals surface area (Å²) in [5, 5.41) is 12.7. The van der Waals surface area contributed by atoms with Crippen molar-refractivity contribution in [2.45, 2.75) is 75.7 Å². The molecule has 4 aliphatic carbocycles. The van der Waals surface area contributed by atoms with Crippen LogP contribution in [0.25, 0.3) is 11.0 Å². The molecule has 0 aliphatic heterocycles. The molecule has 1 aromatic carbocycles. The van der Waals surface area contributed by atoms with Gasteiger partial charge in [0.15, 0.2) is 22.3 Å². The van der Waals surface area contributed by atoms with Gasteiger partial charge in [0.2, 0.25) is 5.76 Å². The van der Waals surface area contributed by atoms with Crippen LogP contribution in [0.3, 0.4) is 0 Å². The lowest BCUT2D eigenvalue weighted by atomic mass is 9.45. The molecule has 226 valence electrons. The Balaban J connectivity index is 1.23. The largest absolute Gasteiger partial charge is 0.457 e. The number of imidazole rings is 1. The number of allylic oxidation sites excluding steroid dienone is 1. The highest BCUT2D eigenvalue weighted by molar-refractivity contribution is 7.99. The molecule has 3 aromatic rings. The summed E-state index contributed by atoms with van der Waals surface area (Å²) in [4.78, 5) is 45.0. The summed E-state index contributed by atoms with van der Waals surface area (Å²) in [6, 6.07) is 11.0. The lowest BCUT2D eigenvalue weighted by Gasteiger charge is -2.60. The molecule has 3 saturated carbocycles. The Hall–Kier alpha value is -3.17. The van der Waals surface area contributed by atoms with E-state index in [2.05, 4.69) is 13.8 Å². The number of aromatic nitrogens is 2. The molecule has 5 unspecified atom stereocenters. The SMILES string of the molecule is Cn1c(SCC(=O)[C@@]2(OC(=O)c3ccco3)CCC3C4CCC5=CC(=O)CCC5(C)C4[C@@H](O)CC32C)nc2ccccc21. The smallest absolute Gasteiger partial charge is 0.375 e. The molecule has 8 nitrogen and oxygen atoms in total. The van der Waals surface area contributed by atoms with Crippen LogP contribution in [0, 0.1) is 28.6 Å². The van der Waals surface area contributed by atoms with Crippen LogP contribution in [0.2, 0.25) is 0 Å². The first-order chi connectivity index (χ1) is 20.6. The molecular formula is C34H38N2O6S. The minimum absolute atomic E-state index is 0.000254. The molecule has 2 aromatic heterocycles. The van der Waals surface area contributed by atoms with Gasteiger partial charge in [0.25, 0.3) is 0 Å². The Morgan fingerprint density at radius 1 is 1.14 bits per heavy atom. The van der Waals surface area contributed by atoms with Crippen molar-refractivity contribution >= 4 is 40.3 Å². The van der Waals surface area contributed by atoms with E-state index in [1.54, 1.807) is 12.1 Å². The van der Waals surface area contributed by atoms with Crippen molar-refractivity contribution in [3.63, 3.8) is 0 Å². The van der Waals surface area contributed by atoms with Gasteiger partial charge in [0, 0.05) is 18.9 Å². The highest BCUT2D eigenvalue weighted by Crippen LogP contribution is 2.68. The van der Waals surface area contributed by atoms with Gasteiger partial charge in [-0.1, -0.05) is 43.3 Å². The Labute approximate surface area is 255 Å². The number of ether oxygens (including phenoxy) is 1. The molecule has 3 fully saturated rings. The van der Waals surface area contributed by atoms with Gasteiger partial charge in [0.1, 0.15) is 0 Å². The van der Waals surface area contributed by atoms with E-state index in [-0.39, 0.29) is 46.2 Å². The van der Waals surface area contributed by atoms with E-state index < -0.39 is 23.1 Å². The van der Waals surface area contributed by atoms with E-state index in [1.807, 2.05) is 42.0 Å². The second kappa shape index (κ2) is 10.2. The number of thioether (sulfide) groups is 1. The number of rotatable bonds is 6. The second-order valence-electron chi connectivity index (χ2n) is 13.5. The summed E-state index contributed by atoms with van der Waals surface area (Å²) in [6.45, 7) is 4.26. The predicted octanol–water partition coefficient (Wildman–Crippen LogP) is 5.93. The fourth-order valence-electron chi connectivity index (χ4n) is 9.46. The summed E-state index contributed by atoms with van der Waals surface area (Å²) in [5.74, 6) is -0.249. The summed E-state index contributed by atoms with van der Waals surface area (Å²) in [6.07, 6.45) is 6.95. The number of para-hydroxylation sites is 2. The van der Waals surface area contributed by atoms with Gasteiger partial charge in [0.05, 0.1) is 29.2 Å². The average molecular weight is 603 g/mol. The number of aliphatic hydroxyl groups is 1. The molecular weight excluding hydrogens is 564 g/mol. The van der Waals surface area contributed by atoms with Crippen molar-refractivity contribution in [2.24, 2.45) is 35.6 Å². The number of fused-ring (bicyclic) bond motifs is 6. The van der Waals surface area contributed by atoms with Gasteiger partial charge in [-0.2, -0.15) is 0 Å². The number of Topliss-reactive ketones (excluding diaryl/α,β-unsaturated/α-hetero) is 1. The first-order valence-corrected chi connectivity index (χ1v) is 16.3. The highest BCUT2D eigenvalue weighted by Gasteiger charge is 2.70. The molecule has 0 amide bonds. The molecule has 43 heavy (non-hydrogen) atoms. The van der Waals surface area contributed by atoms with Crippen LogP contribution in [-0.2, 0) is 21.4 Å². The van der Waals surface area contributed by atoms with Crippen molar-refractivity contribution in [2.75, 3.05) is 5.75 Å². The van der Waals surface area contributed by atoms with Crippen LogP contribution >= 0.6 is 11.8 Å². The number of ketones is 2. The van der Waals surface area contributed by atoms with E-state index in [9.17, 15) is 19.5 Å². The Morgan fingerprint density at radius 2 is 1.95 bits per heavy atom. The van der Waals surface area contributed by atoms with Crippen molar-refractivity contribution < 1.29 is 28.6 Å². The lowest BCUT2D eigenvalue weighted by molar-refractivity contribution is -0.180. The minimum atomic E-state index is -1.41. The maximum atomic E-state index is 14.5. The minimum Gasteiger partial charge on any atom is -0.457 e. The van der Waals surface area contributed by atoms with E-state index in [0.29, 0.717) is 19.3 Å². The van der Waals surface area contributed by atoms with E-state index >= 15 is 0 Å². The van der Waals surface area contributed by atoms with Crippen LogP contribution in [0.15, 0.2) is 63.9 Å². The van der Waals surface area contributed by atoms with Crippen LogP contribution in [0.4, 0.5) is 0 Å². The van der Waals surface area contributed by atoms with Gasteiger partial charge in [-0.3, -0.25) is 9.59 Å². The molecule has 7 atom stereocenters. The van der Waals surface area contributed by atoms with Crippen molar-refractivity contribution in [1.29, 1.82) is 0 Å². The number of esters is 1. The number of nitrogens with zero attached hydrogens (tertiary/aromatic N) is 2. The quantitative estimate of drug-likeness (QED) is 0.273. The van der Waals surface area contributed by atoms with Crippen molar-refractivity contribution in [3.05, 3.63) is 60.1 Å².